The Morgan fingerprint density at radius 1 is 1.00 bits per heavy atom. The molecule has 7 nitrogen and oxygen atoms in total. The number of ether oxygens (including phenoxy) is 1. The van der Waals surface area contributed by atoms with E-state index in [1.54, 1.807) is 6.08 Å². The summed E-state index contributed by atoms with van der Waals surface area (Å²) in [6.45, 7) is 2.73. The van der Waals surface area contributed by atoms with E-state index >= 15 is 0 Å². The standard InChI is InChI=1S/C24H20N6OS/c25-16-19(15-22-26-21(17-32-22)18-7-3-1-4-8-18)23-27-28-24(29-11-13-31-14-12-29)30(23)20-9-5-2-6-10-20/h1-10,15,17H,11-14H2/b19-15-. The van der Waals surface area contributed by atoms with Gasteiger partial charge < -0.3 is 9.64 Å². The topological polar surface area (TPSA) is 79.9 Å². The molecule has 1 saturated heterocycles. The molecule has 1 fully saturated rings. The fourth-order valence-electron chi connectivity index (χ4n) is 3.60. The Bertz CT molecular complexity index is 1270. The molecule has 5 rings (SSSR count). The zero-order valence-corrected chi connectivity index (χ0v) is 18.1. The van der Waals surface area contributed by atoms with Crippen LogP contribution < -0.4 is 4.90 Å². The second-order valence-electron chi connectivity index (χ2n) is 7.20. The number of anilines is 1. The van der Waals surface area contributed by atoms with Gasteiger partial charge in [0.2, 0.25) is 5.95 Å². The number of hydrogen-bond acceptors (Lipinski definition) is 7. The van der Waals surface area contributed by atoms with E-state index in [0.29, 0.717) is 30.6 Å². The Hall–Kier alpha value is -3.80. The maximum atomic E-state index is 10.00. The average Bonchev–Trinajstić information content (AvgIpc) is 3.52. The van der Waals surface area contributed by atoms with E-state index in [2.05, 4.69) is 21.2 Å². The number of nitrogens with zero attached hydrogens (tertiary/aromatic N) is 6. The highest BCUT2D eigenvalue weighted by atomic mass is 32.1. The van der Waals surface area contributed by atoms with Crippen LogP contribution in [-0.4, -0.2) is 46.1 Å². The van der Waals surface area contributed by atoms with Gasteiger partial charge in [0.1, 0.15) is 16.6 Å². The van der Waals surface area contributed by atoms with Crippen LogP contribution in [0, 0.1) is 11.3 Å². The monoisotopic (exact) mass is 440 g/mol. The first kappa shape index (κ1) is 20.1. The molecule has 0 amide bonds. The van der Waals surface area contributed by atoms with Crippen LogP contribution in [0.4, 0.5) is 5.95 Å². The van der Waals surface area contributed by atoms with E-state index in [9.17, 15) is 5.26 Å². The maximum absolute atomic E-state index is 10.00. The lowest BCUT2D eigenvalue weighted by Crippen LogP contribution is -2.38. The van der Waals surface area contributed by atoms with Gasteiger partial charge in [-0.1, -0.05) is 48.5 Å². The van der Waals surface area contributed by atoms with Crippen molar-refractivity contribution in [3.63, 3.8) is 0 Å². The largest absolute Gasteiger partial charge is 0.378 e. The van der Waals surface area contributed by atoms with Gasteiger partial charge in [0.05, 0.1) is 24.6 Å². The third-order valence-corrected chi connectivity index (χ3v) is 5.97. The Kier molecular flexibility index (Phi) is 5.75. The van der Waals surface area contributed by atoms with Gasteiger partial charge in [0, 0.05) is 24.0 Å². The molecule has 1 aliphatic heterocycles. The van der Waals surface area contributed by atoms with E-state index in [4.69, 9.17) is 9.72 Å². The molecule has 3 heterocycles. The molecule has 0 unspecified atom stereocenters. The number of aromatic nitrogens is 4. The minimum Gasteiger partial charge on any atom is -0.378 e. The molecule has 0 N–H and O–H groups in total. The lowest BCUT2D eigenvalue weighted by Gasteiger charge is -2.28. The van der Waals surface area contributed by atoms with E-state index < -0.39 is 0 Å². The third-order valence-electron chi connectivity index (χ3n) is 5.17. The number of allylic oxidation sites excluding steroid dienone is 1. The summed E-state index contributed by atoms with van der Waals surface area (Å²) in [5, 5.41) is 21.6. The number of para-hydroxylation sites is 1. The van der Waals surface area contributed by atoms with Crippen LogP contribution in [-0.2, 0) is 4.74 Å². The van der Waals surface area contributed by atoms with Crippen LogP contribution in [0.5, 0.6) is 0 Å². The molecule has 32 heavy (non-hydrogen) atoms. The molecule has 0 aliphatic carbocycles. The minimum absolute atomic E-state index is 0.412. The summed E-state index contributed by atoms with van der Waals surface area (Å²) in [5.74, 6) is 1.21. The van der Waals surface area contributed by atoms with Gasteiger partial charge in [-0.05, 0) is 18.2 Å². The number of benzene rings is 2. The molecule has 1 aliphatic rings. The van der Waals surface area contributed by atoms with Crippen molar-refractivity contribution in [1.82, 2.24) is 19.7 Å². The van der Waals surface area contributed by atoms with Crippen LogP contribution in [0.15, 0.2) is 66.0 Å². The lowest BCUT2D eigenvalue weighted by atomic mass is 10.2. The summed E-state index contributed by atoms with van der Waals surface area (Å²) in [6, 6.07) is 22.2. The quantitative estimate of drug-likeness (QED) is 0.431. The first-order chi connectivity index (χ1) is 15.8. The fraction of sp³-hybridized carbons (Fsp3) is 0.167. The van der Waals surface area contributed by atoms with Gasteiger partial charge >= 0.3 is 0 Å². The molecule has 158 valence electrons. The number of rotatable bonds is 5. The van der Waals surface area contributed by atoms with Crippen molar-refractivity contribution in [3.8, 4) is 23.0 Å². The van der Waals surface area contributed by atoms with Gasteiger partial charge in [0.15, 0.2) is 5.82 Å². The summed E-state index contributed by atoms with van der Waals surface area (Å²) < 4.78 is 7.43. The highest BCUT2D eigenvalue weighted by Crippen LogP contribution is 2.28. The molecule has 8 heteroatoms. The van der Waals surface area contributed by atoms with Crippen LogP contribution in [0.3, 0.4) is 0 Å². The van der Waals surface area contributed by atoms with Crippen molar-refractivity contribution in [2.75, 3.05) is 31.2 Å². The Labute approximate surface area is 189 Å². The predicted molar refractivity (Wildman–Crippen MR) is 125 cm³/mol. The fourth-order valence-corrected chi connectivity index (χ4v) is 4.36. The SMILES string of the molecule is N#C/C(=C/c1nc(-c2ccccc2)cs1)c1nnc(N2CCOCC2)n1-c1ccccc1. The zero-order chi connectivity index (χ0) is 21.8. The van der Waals surface area contributed by atoms with Crippen LogP contribution in [0.1, 0.15) is 10.8 Å². The van der Waals surface area contributed by atoms with Crippen LogP contribution >= 0.6 is 11.3 Å². The molecule has 0 bridgehead atoms. The molecule has 2 aromatic heterocycles. The second kappa shape index (κ2) is 9.14. The summed E-state index contributed by atoms with van der Waals surface area (Å²) in [7, 11) is 0. The lowest BCUT2D eigenvalue weighted by molar-refractivity contribution is 0.122. The molecule has 0 atom stereocenters. The smallest absolute Gasteiger partial charge is 0.232 e. The van der Waals surface area contributed by atoms with E-state index in [0.717, 1.165) is 35.0 Å². The summed E-state index contributed by atoms with van der Waals surface area (Å²) >= 11 is 1.50. The number of thiazole rings is 1. The van der Waals surface area contributed by atoms with Gasteiger partial charge in [0.25, 0.3) is 0 Å². The van der Waals surface area contributed by atoms with Crippen LogP contribution in [0.2, 0.25) is 0 Å². The third kappa shape index (κ3) is 4.04. The van der Waals surface area contributed by atoms with Crippen molar-refractivity contribution in [3.05, 3.63) is 76.9 Å². The summed E-state index contributed by atoms with van der Waals surface area (Å²) in [6.07, 6.45) is 1.78. The summed E-state index contributed by atoms with van der Waals surface area (Å²) in [4.78, 5) is 6.84. The molecule has 0 radical (unpaired) electrons. The number of morpholine rings is 1. The van der Waals surface area contributed by atoms with Crippen molar-refractivity contribution >= 4 is 28.9 Å². The predicted octanol–water partition coefficient (Wildman–Crippen LogP) is 4.29. The number of nitriles is 1. The molecule has 4 aromatic rings. The van der Waals surface area contributed by atoms with Gasteiger partial charge in [-0.25, -0.2) is 4.98 Å². The first-order valence-electron chi connectivity index (χ1n) is 10.3. The van der Waals surface area contributed by atoms with Crippen molar-refractivity contribution in [2.24, 2.45) is 0 Å². The van der Waals surface area contributed by atoms with Gasteiger partial charge in [-0.3, -0.25) is 4.57 Å². The van der Waals surface area contributed by atoms with E-state index in [1.807, 2.05) is 70.6 Å². The average molecular weight is 441 g/mol. The van der Waals surface area contributed by atoms with Gasteiger partial charge in [-0.15, -0.1) is 21.5 Å². The van der Waals surface area contributed by atoms with Crippen molar-refractivity contribution in [2.45, 2.75) is 0 Å². The van der Waals surface area contributed by atoms with Gasteiger partial charge in [-0.2, -0.15) is 5.26 Å². The Morgan fingerprint density at radius 2 is 1.72 bits per heavy atom. The van der Waals surface area contributed by atoms with E-state index in [-0.39, 0.29) is 0 Å². The summed E-state index contributed by atoms with van der Waals surface area (Å²) in [5.41, 5.74) is 3.25. The zero-order valence-electron chi connectivity index (χ0n) is 17.3. The maximum Gasteiger partial charge on any atom is 0.232 e. The van der Waals surface area contributed by atoms with Crippen molar-refractivity contribution < 1.29 is 4.74 Å². The highest BCUT2D eigenvalue weighted by Gasteiger charge is 2.23. The normalized spacial score (nSPS) is 14.3. The Morgan fingerprint density at radius 3 is 2.44 bits per heavy atom. The molecular formula is C24H20N6OS. The van der Waals surface area contributed by atoms with Crippen LogP contribution in [0.25, 0.3) is 28.6 Å². The molecular weight excluding hydrogens is 420 g/mol. The molecule has 0 spiro atoms. The van der Waals surface area contributed by atoms with Crippen molar-refractivity contribution in [1.29, 1.82) is 5.26 Å². The molecule has 0 saturated carbocycles. The first-order valence-corrected chi connectivity index (χ1v) is 11.2. The van der Waals surface area contributed by atoms with E-state index in [1.165, 1.54) is 11.3 Å². The highest BCUT2D eigenvalue weighted by molar-refractivity contribution is 7.10. The number of hydrogen-bond donors (Lipinski definition) is 0. The minimum atomic E-state index is 0.412. The molecule has 2 aromatic carbocycles. The Balaban J connectivity index is 1.56. The second-order valence-corrected chi connectivity index (χ2v) is 8.09.